The van der Waals surface area contributed by atoms with Crippen molar-refractivity contribution in [3.05, 3.63) is 65.5 Å². The zero-order valence-corrected chi connectivity index (χ0v) is 20.2. The van der Waals surface area contributed by atoms with Crippen molar-refractivity contribution in [3.8, 4) is 5.75 Å². The molecule has 2 aromatic rings. The average molecular weight is 481 g/mol. The van der Waals surface area contributed by atoms with Crippen LogP contribution in [0.3, 0.4) is 0 Å². The summed E-state index contributed by atoms with van der Waals surface area (Å²) < 4.78 is 24.8. The number of nitrogens with zero attached hydrogens (tertiary/aromatic N) is 2. The van der Waals surface area contributed by atoms with Gasteiger partial charge in [0.1, 0.15) is 18.2 Å². The molecule has 35 heavy (non-hydrogen) atoms. The van der Waals surface area contributed by atoms with E-state index in [9.17, 15) is 14.0 Å². The molecule has 0 aliphatic carbocycles. The Morgan fingerprint density at radius 3 is 2.51 bits per heavy atom. The number of fused-ring (bicyclic) bond motifs is 1. The summed E-state index contributed by atoms with van der Waals surface area (Å²) in [5.41, 5.74) is 2.22. The quantitative estimate of drug-likeness (QED) is 0.648. The van der Waals surface area contributed by atoms with Crippen molar-refractivity contribution < 1.29 is 23.5 Å². The number of hydrogen-bond donors (Lipinski definition) is 0. The Kier molecular flexibility index (Phi) is 7.04. The highest BCUT2D eigenvalue weighted by Gasteiger charge is 2.39. The van der Waals surface area contributed by atoms with E-state index in [1.54, 1.807) is 7.11 Å². The number of Topliss-reactive ketones (excluding diaryl/α,β-unsaturated/α-hetero) is 1. The van der Waals surface area contributed by atoms with Gasteiger partial charge in [-0.2, -0.15) is 0 Å². The molecular weight excluding hydrogens is 447 g/mol. The number of carbonyl (C=O) groups is 2. The van der Waals surface area contributed by atoms with Crippen molar-refractivity contribution in [2.24, 2.45) is 11.8 Å². The standard InChI is InChI=1S/C28H33FN2O4/c1-34-25-4-2-3-21(16-25)27(19-5-7-23(29)8-6-19)20-9-12-30(13-10-20)28(33)31-14-11-26-22(17-31)15-24(32)18-35-26/h2-8,16,20,22,26-27H,9-15,17-18H2,1H3/t22-,26+,27+/m1/s1. The third-order valence-electron chi connectivity index (χ3n) is 7.85. The van der Waals surface area contributed by atoms with E-state index in [0.29, 0.717) is 38.5 Å². The van der Waals surface area contributed by atoms with Gasteiger partial charge in [-0.05, 0) is 60.6 Å². The fourth-order valence-corrected chi connectivity index (χ4v) is 6.02. The largest absolute Gasteiger partial charge is 0.497 e. The van der Waals surface area contributed by atoms with Crippen LogP contribution in [0.1, 0.15) is 42.7 Å². The van der Waals surface area contributed by atoms with E-state index in [4.69, 9.17) is 9.47 Å². The molecule has 0 radical (unpaired) electrons. The molecule has 0 N–H and O–H groups in total. The maximum atomic E-state index is 13.7. The normalized spacial score (nSPS) is 24.1. The van der Waals surface area contributed by atoms with Crippen molar-refractivity contribution in [1.82, 2.24) is 9.80 Å². The van der Waals surface area contributed by atoms with E-state index in [2.05, 4.69) is 12.1 Å². The lowest BCUT2D eigenvalue weighted by Crippen LogP contribution is -2.54. The molecular formula is C28H33FN2O4. The van der Waals surface area contributed by atoms with Gasteiger partial charge in [0.05, 0.1) is 13.2 Å². The molecule has 3 saturated heterocycles. The Bertz CT molecular complexity index is 1050. The molecule has 0 unspecified atom stereocenters. The van der Waals surface area contributed by atoms with Crippen LogP contribution in [-0.4, -0.2) is 67.6 Å². The Balaban J connectivity index is 1.27. The number of ketones is 1. The SMILES string of the molecule is COc1cccc([C@@H](c2ccc(F)cc2)C2CCN(C(=O)N3CC[C@@H]4OCC(=O)C[C@@H]4C3)CC2)c1. The summed E-state index contributed by atoms with van der Waals surface area (Å²) in [6, 6.07) is 14.9. The van der Waals surface area contributed by atoms with Crippen molar-refractivity contribution in [3.63, 3.8) is 0 Å². The van der Waals surface area contributed by atoms with Crippen molar-refractivity contribution in [2.75, 3.05) is 39.9 Å². The van der Waals surface area contributed by atoms with Crippen LogP contribution < -0.4 is 4.74 Å². The topological polar surface area (TPSA) is 59.1 Å². The number of urea groups is 1. The van der Waals surface area contributed by atoms with Gasteiger partial charge in [-0.25, -0.2) is 9.18 Å². The third kappa shape index (κ3) is 5.20. The van der Waals surface area contributed by atoms with E-state index in [0.717, 1.165) is 36.1 Å². The molecule has 3 fully saturated rings. The summed E-state index contributed by atoms with van der Waals surface area (Å²) in [5, 5.41) is 0. The molecule has 3 aliphatic rings. The van der Waals surface area contributed by atoms with E-state index < -0.39 is 0 Å². The third-order valence-corrected chi connectivity index (χ3v) is 7.85. The predicted octanol–water partition coefficient (Wildman–Crippen LogP) is 4.48. The van der Waals surface area contributed by atoms with Gasteiger partial charge >= 0.3 is 6.03 Å². The van der Waals surface area contributed by atoms with E-state index in [1.165, 1.54) is 12.1 Å². The highest BCUT2D eigenvalue weighted by atomic mass is 19.1. The second kappa shape index (κ2) is 10.4. The van der Waals surface area contributed by atoms with Crippen molar-refractivity contribution in [2.45, 2.75) is 37.7 Å². The van der Waals surface area contributed by atoms with Gasteiger partial charge in [-0.15, -0.1) is 0 Å². The number of halogens is 1. The minimum absolute atomic E-state index is 0.0691. The van der Waals surface area contributed by atoms with Gasteiger partial charge in [0.2, 0.25) is 0 Å². The minimum Gasteiger partial charge on any atom is -0.497 e. The summed E-state index contributed by atoms with van der Waals surface area (Å²) in [7, 11) is 1.66. The maximum absolute atomic E-state index is 13.7. The number of hydrogen-bond acceptors (Lipinski definition) is 4. The summed E-state index contributed by atoms with van der Waals surface area (Å²) in [6.45, 7) is 2.86. The van der Waals surface area contributed by atoms with Crippen LogP contribution >= 0.6 is 0 Å². The lowest BCUT2D eigenvalue weighted by atomic mass is 9.76. The molecule has 6 nitrogen and oxygen atoms in total. The molecule has 3 aliphatic heterocycles. The number of carbonyl (C=O) groups excluding carboxylic acids is 2. The number of methoxy groups -OCH3 is 1. The van der Waals surface area contributed by atoms with E-state index in [1.807, 2.05) is 34.1 Å². The predicted molar refractivity (Wildman–Crippen MR) is 130 cm³/mol. The molecule has 0 bridgehead atoms. The Hall–Kier alpha value is -2.93. The van der Waals surface area contributed by atoms with Gasteiger partial charge in [-0.3, -0.25) is 4.79 Å². The first-order valence-corrected chi connectivity index (χ1v) is 12.6. The Labute approximate surface area is 206 Å². The van der Waals surface area contributed by atoms with Gasteiger partial charge < -0.3 is 19.3 Å². The number of likely N-dealkylation sites (tertiary alicyclic amines) is 2. The van der Waals surface area contributed by atoms with E-state index >= 15 is 0 Å². The number of piperidine rings is 2. The highest BCUT2D eigenvalue weighted by molar-refractivity contribution is 5.81. The summed E-state index contributed by atoms with van der Waals surface area (Å²) in [6.07, 6.45) is 3.14. The second-order valence-electron chi connectivity index (χ2n) is 10.00. The van der Waals surface area contributed by atoms with Crippen molar-refractivity contribution in [1.29, 1.82) is 0 Å². The molecule has 3 heterocycles. The summed E-state index contributed by atoms with van der Waals surface area (Å²) in [4.78, 5) is 29.0. The molecule has 186 valence electrons. The first-order chi connectivity index (χ1) is 17.0. The molecule has 5 rings (SSSR count). The van der Waals surface area contributed by atoms with Crippen LogP contribution in [0.15, 0.2) is 48.5 Å². The molecule has 0 spiro atoms. The second-order valence-corrected chi connectivity index (χ2v) is 10.00. The van der Waals surface area contributed by atoms with Crippen LogP contribution in [0.5, 0.6) is 5.75 Å². The van der Waals surface area contributed by atoms with Gasteiger partial charge in [0, 0.05) is 44.4 Å². The smallest absolute Gasteiger partial charge is 0.320 e. The van der Waals surface area contributed by atoms with Crippen molar-refractivity contribution >= 4 is 11.8 Å². The lowest BCUT2D eigenvalue weighted by molar-refractivity contribution is -0.140. The molecule has 0 saturated carbocycles. The molecule has 2 aromatic carbocycles. The van der Waals surface area contributed by atoms with Crippen LogP contribution in [0.4, 0.5) is 9.18 Å². The number of amides is 2. The molecule has 3 atom stereocenters. The number of ether oxygens (including phenoxy) is 2. The molecule has 0 aromatic heterocycles. The van der Waals surface area contributed by atoms with Gasteiger partial charge in [0.25, 0.3) is 0 Å². The number of benzene rings is 2. The summed E-state index contributed by atoms with van der Waals surface area (Å²) in [5.74, 6) is 1.23. The van der Waals surface area contributed by atoms with Gasteiger partial charge in [0.15, 0.2) is 5.78 Å². The molecule has 7 heteroatoms. The first-order valence-electron chi connectivity index (χ1n) is 12.6. The summed E-state index contributed by atoms with van der Waals surface area (Å²) >= 11 is 0. The minimum atomic E-state index is -0.243. The van der Waals surface area contributed by atoms with Crippen LogP contribution in [0, 0.1) is 17.7 Å². The average Bonchev–Trinajstić information content (AvgIpc) is 2.89. The Morgan fingerprint density at radius 2 is 1.77 bits per heavy atom. The fraction of sp³-hybridized carbons (Fsp3) is 0.500. The van der Waals surface area contributed by atoms with Crippen LogP contribution in [0.25, 0.3) is 0 Å². The van der Waals surface area contributed by atoms with Gasteiger partial charge in [-0.1, -0.05) is 24.3 Å². The van der Waals surface area contributed by atoms with E-state index in [-0.39, 0.29) is 42.2 Å². The first kappa shape index (κ1) is 23.8. The number of rotatable bonds is 4. The van der Waals surface area contributed by atoms with Crippen LogP contribution in [0.2, 0.25) is 0 Å². The highest BCUT2D eigenvalue weighted by Crippen LogP contribution is 2.39. The lowest BCUT2D eigenvalue weighted by Gasteiger charge is -2.43. The van der Waals surface area contributed by atoms with Crippen LogP contribution in [-0.2, 0) is 9.53 Å². The fourth-order valence-electron chi connectivity index (χ4n) is 6.02. The maximum Gasteiger partial charge on any atom is 0.320 e. The zero-order valence-electron chi connectivity index (χ0n) is 20.2. The zero-order chi connectivity index (χ0) is 24.4. The monoisotopic (exact) mass is 480 g/mol. The Morgan fingerprint density at radius 1 is 1.03 bits per heavy atom. The molecule has 2 amide bonds.